The van der Waals surface area contributed by atoms with Crippen LogP contribution in [0.4, 0.5) is 4.79 Å². The van der Waals surface area contributed by atoms with Gasteiger partial charge in [0.05, 0.1) is 13.4 Å². The Labute approximate surface area is 163 Å². The van der Waals surface area contributed by atoms with E-state index in [1.54, 1.807) is 12.1 Å². The van der Waals surface area contributed by atoms with Crippen LogP contribution in [0, 0.1) is 0 Å². The third-order valence-corrected chi connectivity index (χ3v) is 4.10. The van der Waals surface area contributed by atoms with E-state index < -0.39 is 28.2 Å². The Hall–Kier alpha value is -3.07. The summed E-state index contributed by atoms with van der Waals surface area (Å²) in [6.45, 7) is 0.0676. The highest BCUT2D eigenvalue weighted by atomic mass is 32.2. The van der Waals surface area contributed by atoms with E-state index in [9.17, 15) is 18.0 Å². The molecule has 1 amide bonds. The monoisotopic (exact) mass is 407 g/mol. The Morgan fingerprint density at radius 1 is 1.00 bits per heavy atom. The lowest BCUT2D eigenvalue weighted by atomic mass is 10.1. The maximum Gasteiger partial charge on any atom is 0.408 e. The van der Waals surface area contributed by atoms with Crippen LogP contribution in [0.3, 0.4) is 0 Å². The predicted molar refractivity (Wildman–Crippen MR) is 101 cm³/mol. The molecule has 2 rings (SSSR count). The number of hydrogen-bond donors (Lipinski definition) is 1. The molecule has 0 saturated heterocycles. The topological polar surface area (TPSA) is 108 Å². The number of rotatable bonds is 8. The molecular weight excluding hydrogens is 386 g/mol. The molecule has 0 aromatic heterocycles. The van der Waals surface area contributed by atoms with E-state index in [4.69, 9.17) is 13.7 Å². The van der Waals surface area contributed by atoms with E-state index in [-0.39, 0.29) is 18.8 Å². The number of benzene rings is 2. The van der Waals surface area contributed by atoms with Gasteiger partial charge in [0.15, 0.2) is 0 Å². The van der Waals surface area contributed by atoms with Crippen molar-refractivity contribution in [3.63, 3.8) is 0 Å². The second-order valence-electron chi connectivity index (χ2n) is 5.92. The van der Waals surface area contributed by atoms with Gasteiger partial charge in [-0.25, -0.2) is 9.59 Å². The Morgan fingerprint density at radius 3 is 2.21 bits per heavy atom. The predicted octanol–water partition coefficient (Wildman–Crippen LogP) is 2.04. The van der Waals surface area contributed by atoms with Gasteiger partial charge >= 0.3 is 22.2 Å². The molecule has 2 aromatic carbocycles. The van der Waals surface area contributed by atoms with Crippen molar-refractivity contribution >= 4 is 22.2 Å². The number of carbonyl (C=O) groups excluding carboxylic acids is 2. The van der Waals surface area contributed by atoms with Crippen LogP contribution in [-0.4, -0.2) is 39.9 Å². The van der Waals surface area contributed by atoms with E-state index in [0.717, 1.165) is 11.8 Å². The normalized spacial score (nSPS) is 11.9. The molecule has 1 N–H and O–H groups in total. The van der Waals surface area contributed by atoms with Gasteiger partial charge in [-0.2, -0.15) is 8.42 Å². The lowest BCUT2D eigenvalue weighted by Crippen LogP contribution is -2.43. The summed E-state index contributed by atoms with van der Waals surface area (Å²) in [5.74, 6) is -0.482. The summed E-state index contributed by atoms with van der Waals surface area (Å²) in [6.07, 6.45) is 0.321. The van der Waals surface area contributed by atoms with Crippen LogP contribution < -0.4 is 9.50 Å². The fourth-order valence-electron chi connectivity index (χ4n) is 2.33. The van der Waals surface area contributed by atoms with E-state index in [1.807, 2.05) is 30.3 Å². The summed E-state index contributed by atoms with van der Waals surface area (Å²) in [6, 6.07) is 14.3. The Morgan fingerprint density at radius 2 is 1.64 bits per heavy atom. The largest absolute Gasteiger partial charge is 0.467 e. The SMILES string of the molecule is COC(=O)[C@H](Cc1ccc(OS(C)(=O)=O)cc1)NC(=O)OCc1ccccc1. The maximum atomic E-state index is 12.0. The summed E-state index contributed by atoms with van der Waals surface area (Å²) in [5, 5.41) is 2.48. The zero-order valence-corrected chi connectivity index (χ0v) is 16.3. The summed E-state index contributed by atoms with van der Waals surface area (Å²) in [7, 11) is -2.41. The third kappa shape index (κ3) is 7.28. The van der Waals surface area contributed by atoms with Gasteiger partial charge in [-0.05, 0) is 23.3 Å². The van der Waals surface area contributed by atoms with E-state index in [0.29, 0.717) is 5.56 Å². The number of amides is 1. The highest BCUT2D eigenvalue weighted by Crippen LogP contribution is 2.15. The first-order chi connectivity index (χ1) is 13.3. The minimum atomic E-state index is -3.62. The van der Waals surface area contributed by atoms with Crippen LogP contribution in [0.5, 0.6) is 5.75 Å². The lowest BCUT2D eigenvalue weighted by Gasteiger charge is -2.17. The van der Waals surface area contributed by atoms with Crippen molar-refractivity contribution in [2.75, 3.05) is 13.4 Å². The standard InChI is InChI=1S/C19H21NO7S/c1-25-18(21)17(20-19(22)26-13-15-6-4-3-5-7-15)12-14-8-10-16(11-9-14)27-28(2,23)24/h3-11,17H,12-13H2,1-2H3,(H,20,22)/t17-/m0/s1. The lowest BCUT2D eigenvalue weighted by molar-refractivity contribution is -0.143. The molecular formula is C19H21NO7S. The minimum Gasteiger partial charge on any atom is -0.467 e. The summed E-state index contributed by atoms with van der Waals surface area (Å²) in [5.41, 5.74) is 1.48. The van der Waals surface area contributed by atoms with Crippen LogP contribution in [0.25, 0.3) is 0 Å². The van der Waals surface area contributed by atoms with Gasteiger partial charge < -0.3 is 19.0 Å². The average Bonchev–Trinajstić information content (AvgIpc) is 2.66. The van der Waals surface area contributed by atoms with Gasteiger partial charge in [-0.15, -0.1) is 0 Å². The summed E-state index contributed by atoms with van der Waals surface area (Å²) < 4.78 is 36.9. The van der Waals surface area contributed by atoms with Gasteiger partial charge in [-0.3, -0.25) is 0 Å². The minimum absolute atomic E-state index is 0.0676. The van der Waals surface area contributed by atoms with Crippen molar-refractivity contribution in [1.82, 2.24) is 5.32 Å². The molecule has 0 aliphatic rings. The quantitative estimate of drug-likeness (QED) is 0.527. The molecule has 9 heteroatoms. The smallest absolute Gasteiger partial charge is 0.408 e. The summed E-state index contributed by atoms with van der Waals surface area (Å²) in [4.78, 5) is 24.0. The van der Waals surface area contributed by atoms with Gasteiger partial charge in [0.1, 0.15) is 18.4 Å². The molecule has 8 nitrogen and oxygen atoms in total. The molecule has 0 fully saturated rings. The second kappa shape index (κ2) is 9.75. The molecule has 150 valence electrons. The zero-order valence-electron chi connectivity index (χ0n) is 15.5. The second-order valence-corrected chi connectivity index (χ2v) is 7.49. The molecule has 0 bridgehead atoms. The maximum absolute atomic E-state index is 12.0. The Balaban J connectivity index is 1.97. The zero-order chi connectivity index (χ0) is 20.6. The number of carbonyl (C=O) groups is 2. The van der Waals surface area contributed by atoms with E-state index >= 15 is 0 Å². The van der Waals surface area contributed by atoms with Gasteiger partial charge in [0, 0.05) is 6.42 Å². The van der Waals surface area contributed by atoms with Crippen LogP contribution in [0.1, 0.15) is 11.1 Å². The van der Waals surface area contributed by atoms with Crippen molar-refractivity contribution in [3.8, 4) is 5.75 Å². The molecule has 0 saturated carbocycles. The number of hydrogen-bond acceptors (Lipinski definition) is 7. The summed E-state index contributed by atoms with van der Waals surface area (Å²) >= 11 is 0. The van der Waals surface area contributed by atoms with Crippen molar-refractivity contribution < 1.29 is 31.7 Å². The Kier molecular flexibility index (Phi) is 7.39. The molecule has 0 aliphatic heterocycles. The van der Waals surface area contributed by atoms with Crippen molar-refractivity contribution in [1.29, 1.82) is 0 Å². The Bertz CT molecular complexity index is 896. The van der Waals surface area contributed by atoms with Crippen molar-refractivity contribution in [2.24, 2.45) is 0 Å². The van der Waals surface area contributed by atoms with Crippen LogP contribution in [0.15, 0.2) is 54.6 Å². The molecule has 0 heterocycles. The fraction of sp³-hybridized carbons (Fsp3) is 0.263. The van der Waals surface area contributed by atoms with Crippen LogP contribution in [0.2, 0.25) is 0 Å². The van der Waals surface area contributed by atoms with Crippen LogP contribution in [-0.2, 0) is 37.4 Å². The molecule has 0 aliphatic carbocycles. The number of nitrogens with one attached hydrogen (secondary N) is 1. The third-order valence-electron chi connectivity index (χ3n) is 3.60. The molecule has 28 heavy (non-hydrogen) atoms. The van der Waals surface area contributed by atoms with Crippen LogP contribution >= 0.6 is 0 Å². The molecule has 2 aromatic rings. The number of methoxy groups -OCH3 is 1. The van der Waals surface area contributed by atoms with Gasteiger partial charge in [-0.1, -0.05) is 42.5 Å². The molecule has 0 unspecified atom stereocenters. The number of esters is 1. The van der Waals surface area contributed by atoms with E-state index in [2.05, 4.69) is 5.32 Å². The molecule has 0 spiro atoms. The van der Waals surface area contributed by atoms with Crippen molar-refractivity contribution in [2.45, 2.75) is 19.1 Å². The highest BCUT2D eigenvalue weighted by molar-refractivity contribution is 7.86. The van der Waals surface area contributed by atoms with Gasteiger partial charge in [0.2, 0.25) is 0 Å². The number of ether oxygens (including phenoxy) is 2. The fourth-order valence-corrected chi connectivity index (χ4v) is 2.79. The molecule has 1 atom stereocenters. The first-order valence-corrected chi connectivity index (χ1v) is 10.1. The number of alkyl carbamates (subject to hydrolysis) is 1. The van der Waals surface area contributed by atoms with Crippen molar-refractivity contribution in [3.05, 3.63) is 65.7 Å². The highest BCUT2D eigenvalue weighted by Gasteiger charge is 2.23. The average molecular weight is 407 g/mol. The first-order valence-electron chi connectivity index (χ1n) is 8.30. The van der Waals surface area contributed by atoms with E-state index in [1.165, 1.54) is 19.2 Å². The molecule has 0 radical (unpaired) electrons. The first kappa shape index (κ1) is 21.2. The van der Waals surface area contributed by atoms with Gasteiger partial charge in [0.25, 0.3) is 0 Å².